The lowest BCUT2D eigenvalue weighted by molar-refractivity contribution is 0.250. The van der Waals surface area contributed by atoms with Gasteiger partial charge in [0.25, 0.3) is 0 Å². The van der Waals surface area contributed by atoms with Crippen LogP contribution in [0.15, 0.2) is 53.6 Å². The second-order valence-corrected chi connectivity index (χ2v) is 7.03. The van der Waals surface area contributed by atoms with Gasteiger partial charge in [0.1, 0.15) is 0 Å². The first-order valence-corrected chi connectivity index (χ1v) is 9.30. The third-order valence-electron chi connectivity index (χ3n) is 4.37. The third-order valence-corrected chi connectivity index (χ3v) is 4.83. The van der Waals surface area contributed by atoms with E-state index in [9.17, 15) is 0 Å². The van der Waals surface area contributed by atoms with Gasteiger partial charge in [-0.15, -0.1) is 0 Å². The molecule has 0 aromatic heterocycles. The van der Waals surface area contributed by atoms with Crippen molar-refractivity contribution in [1.82, 2.24) is 10.3 Å². The first-order chi connectivity index (χ1) is 12.6. The highest BCUT2D eigenvalue weighted by Crippen LogP contribution is 2.20. The molecule has 0 radical (unpaired) electrons. The number of benzene rings is 2. The van der Waals surface area contributed by atoms with Gasteiger partial charge >= 0.3 is 0 Å². The first-order valence-electron chi connectivity index (χ1n) is 8.51. The average molecular weight is 388 g/mol. The summed E-state index contributed by atoms with van der Waals surface area (Å²) in [6.07, 6.45) is 1.70. The largest absolute Gasteiger partial charge is 0.375 e. The highest BCUT2D eigenvalue weighted by molar-refractivity contribution is 7.80. The Hall–Kier alpha value is -2.15. The van der Waals surface area contributed by atoms with Gasteiger partial charge in [-0.1, -0.05) is 41.9 Å². The van der Waals surface area contributed by atoms with Crippen LogP contribution >= 0.6 is 23.8 Å². The van der Waals surface area contributed by atoms with E-state index in [1.54, 1.807) is 6.21 Å². The topological polar surface area (TPSA) is 56.9 Å². The SMILES string of the molecule is NC(=S)N/N=C/c1ccc(N2CCN(Cc3ccccc3Cl)CC2)cc1. The van der Waals surface area contributed by atoms with E-state index in [1.165, 1.54) is 11.3 Å². The fourth-order valence-corrected chi connectivity index (χ4v) is 3.22. The number of nitrogens with two attached hydrogens (primary N) is 1. The third kappa shape index (κ3) is 5.17. The number of thiocarbonyl (C=S) groups is 1. The van der Waals surface area contributed by atoms with Crippen molar-refractivity contribution >= 4 is 40.8 Å². The van der Waals surface area contributed by atoms with E-state index in [-0.39, 0.29) is 5.11 Å². The Morgan fingerprint density at radius 2 is 1.81 bits per heavy atom. The molecule has 26 heavy (non-hydrogen) atoms. The molecule has 3 N–H and O–H groups in total. The molecule has 0 unspecified atom stereocenters. The lowest BCUT2D eigenvalue weighted by Gasteiger charge is -2.36. The fraction of sp³-hybridized carbons (Fsp3) is 0.263. The highest BCUT2D eigenvalue weighted by Gasteiger charge is 2.17. The molecule has 1 fully saturated rings. The predicted octanol–water partition coefficient (Wildman–Crippen LogP) is 2.83. The number of piperazine rings is 1. The Bertz CT molecular complexity index is 770. The second-order valence-electron chi connectivity index (χ2n) is 6.18. The number of nitrogens with one attached hydrogen (secondary N) is 1. The van der Waals surface area contributed by atoms with E-state index in [4.69, 9.17) is 29.6 Å². The maximum absolute atomic E-state index is 6.27. The molecule has 7 heteroatoms. The minimum atomic E-state index is 0.160. The number of anilines is 1. The van der Waals surface area contributed by atoms with Crippen LogP contribution in [0.25, 0.3) is 0 Å². The molecule has 1 heterocycles. The summed E-state index contributed by atoms with van der Waals surface area (Å²) in [5, 5.41) is 4.97. The molecule has 1 aliphatic heterocycles. The van der Waals surface area contributed by atoms with Crippen LogP contribution in [-0.4, -0.2) is 42.4 Å². The van der Waals surface area contributed by atoms with Gasteiger partial charge in [0.05, 0.1) is 6.21 Å². The van der Waals surface area contributed by atoms with Crippen molar-refractivity contribution in [3.8, 4) is 0 Å². The highest BCUT2D eigenvalue weighted by atomic mass is 35.5. The van der Waals surface area contributed by atoms with E-state index in [0.717, 1.165) is 43.3 Å². The number of nitrogens with zero attached hydrogens (tertiary/aromatic N) is 3. The molecule has 1 saturated heterocycles. The summed E-state index contributed by atoms with van der Waals surface area (Å²) in [4.78, 5) is 4.84. The summed E-state index contributed by atoms with van der Waals surface area (Å²) < 4.78 is 0. The minimum absolute atomic E-state index is 0.160. The molecule has 0 aliphatic carbocycles. The summed E-state index contributed by atoms with van der Waals surface area (Å²) in [7, 11) is 0. The summed E-state index contributed by atoms with van der Waals surface area (Å²) in [5.41, 5.74) is 11.3. The maximum atomic E-state index is 6.27. The number of rotatable bonds is 5. The Morgan fingerprint density at radius 1 is 1.12 bits per heavy atom. The van der Waals surface area contributed by atoms with Gasteiger partial charge in [-0.25, -0.2) is 0 Å². The average Bonchev–Trinajstić information content (AvgIpc) is 2.65. The minimum Gasteiger partial charge on any atom is -0.375 e. The Balaban J connectivity index is 1.52. The monoisotopic (exact) mass is 387 g/mol. The smallest absolute Gasteiger partial charge is 0.184 e. The van der Waals surface area contributed by atoms with Gasteiger partial charge in [0.2, 0.25) is 0 Å². The Labute approximate surface area is 164 Å². The lowest BCUT2D eigenvalue weighted by atomic mass is 10.1. The zero-order chi connectivity index (χ0) is 18.4. The van der Waals surface area contributed by atoms with Crippen LogP contribution in [0.4, 0.5) is 5.69 Å². The van der Waals surface area contributed by atoms with Crippen LogP contribution in [0.3, 0.4) is 0 Å². The Kier molecular flexibility index (Phi) is 6.44. The van der Waals surface area contributed by atoms with Crippen molar-refractivity contribution in [3.63, 3.8) is 0 Å². The van der Waals surface area contributed by atoms with Crippen LogP contribution in [0, 0.1) is 0 Å². The summed E-state index contributed by atoms with van der Waals surface area (Å²) in [6, 6.07) is 16.4. The zero-order valence-corrected chi connectivity index (χ0v) is 16.0. The second kappa shape index (κ2) is 8.98. The van der Waals surface area contributed by atoms with Crippen molar-refractivity contribution in [1.29, 1.82) is 0 Å². The van der Waals surface area contributed by atoms with Crippen LogP contribution in [0.5, 0.6) is 0 Å². The van der Waals surface area contributed by atoms with Gasteiger partial charge in [-0.05, 0) is 41.5 Å². The van der Waals surface area contributed by atoms with Crippen molar-refractivity contribution in [2.45, 2.75) is 6.54 Å². The van der Waals surface area contributed by atoms with Crippen LogP contribution in [0.2, 0.25) is 5.02 Å². The molecule has 0 amide bonds. The number of hydrazone groups is 1. The van der Waals surface area contributed by atoms with Crippen LogP contribution in [-0.2, 0) is 6.54 Å². The molecule has 0 saturated carbocycles. The normalized spacial score (nSPS) is 15.3. The molecule has 3 rings (SSSR count). The van der Waals surface area contributed by atoms with Crippen LogP contribution < -0.4 is 16.1 Å². The first kappa shape index (κ1) is 18.6. The standard InChI is InChI=1S/C19H22ClN5S/c20-18-4-2-1-3-16(18)14-24-9-11-25(12-10-24)17-7-5-15(6-8-17)13-22-23-19(21)26/h1-8,13H,9-12,14H2,(H3,21,23,26)/b22-13+. The van der Waals surface area contributed by atoms with Crippen molar-refractivity contribution in [3.05, 3.63) is 64.7 Å². The Morgan fingerprint density at radius 3 is 2.46 bits per heavy atom. The summed E-state index contributed by atoms with van der Waals surface area (Å²) in [5.74, 6) is 0. The molecule has 2 aromatic carbocycles. The molecule has 0 atom stereocenters. The molecular weight excluding hydrogens is 366 g/mol. The summed E-state index contributed by atoms with van der Waals surface area (Å²) >= 11 is 11.0. The fourth-order valence-electron chi connectivity index (χ4n) is 2.97. The van der Waals surface area contributed by atoms with Gasteiger partial charge in [0, 0.05) is 43.4 Å². The molecule has 5 nitrogen and oxygen atoms in total. The molecule has 136 valence electrons. The van der Waals surface area contributed by atoms with E-state index in [0.29, 0.717) is 0 Å². The molecule has 2 aromatic rings. The van der Waals surface area contributed by atoms with Gasteiger partial charge in [0.15, 0.2) is 5.11 Å². The van der Waals surface area contributed by atoms with E-state index in [1.807, 2.05) is 30.3 Å². The molecule has 0 bridgehead atoms. The maximum Gasteiger partial charge on any atom is 0.184 e. The molecule has 0 spiro atoms. The summed E-state index contributed by atoms with van der Waals surface area (Å²) in [6.45, 7) is 4.94. The van der Waals surface area contributed by atoms with Crippen molar-refractivity contribution in [2.24, 2.45) is 10.8 Å². The van der Waals surface area contributed by atoms with E-state index in [2.05, 4.69) is 38.5 Å². The van der Waals surface area contributed by atoms with Gasteiger partial charge < -0.3 is 10.6 Å². The molecule has 1 aliphatic rings. The van der Waals surface area contributed by atoms with Crippen molar-refractivity contribution < 1.29 is 0 Å². The zero-order valence-electron chi connectivity index (χ0n) is 14.4. The van der Waals surface area contributed by atoms with E-state index >= 15 is 0 Å². The number of hydrogen-bond acceptors (Lipinski definition) is 4. The molecular formula is C19H22ClN5S. The van der Waals surface area contributed by atoms with Gasteiger partial charge in [-0.3, -0.25) is 10.3 Å². The van der Waals surface area contributed by atoms with Gasteiger partial charge in [-0.2, -0.15) is 5.10 Å². The van der Waals surface area contributed by atoms with Crippen molar-refractivity contribution in [2.75, 3.05) is 31.1 Å². The van der Waals surface area contributed by atoms with Crippen LogP contribution in [0.1, 0.15) is 11.1 Å². The lowest BCUT2D eigenvalue weighted by Crippen LogP contribution is -2.46. The number of halogens is 1. The van der Waals surface area contributed by atoms with E-state index < -0.39 is 0 Å². The quantitative estimate of drug-likeness (QED) is 0.469. The predicted molar refractivity (Wildman–Crippen MR) is 113 cm³/mol. The number of hydrogen-bond donors (Lipinski definition) is 2.